The van der Waals surface area contributed by atoms with Crippen molar-refractivity contribution in [3.63, 3.8) is 0 Å². The average Bonchev–Trinajstić information content (AvgIpc) is 4.17. The molecule has 3 fully saturated rings. The van der Waals surface area contributed by atoms with Crippen molar-refractivity contribution in [1.29, 1.82) is 0 Å². The molecule has 2 saturated heterocycles. The standard InChI is InChI=1S/C48H57F2N9O7/c1-25(2)39(55-46(62)64-5)44(60)57-18-10-12-34(57)42-51-23-31(53-42)27-14-15-33-29(20-27)38(50)41-37-30(49)21-28(22-36(37)66-48(59(33)41)16-8-7-9-17-48)32-24-52-43(54-32)35-13-11-19-58(35)45(61)40(26(3)4)56-47(63)65-6/h14-15,20-26,31,34-35,39-40H,7-13,16-19H2,1-6H3,(H,52,54)(H,55,62)(H,56,63)/t31?,34?,35?,39-,40-/m0/s1. The van der Waals surface area contributed by atoms with Gasteiger partial charge in [-0.25, -0.2) is 28.3 Å². The van der Waals surface area contributed by atoms with Gasteiger partial charge in [-0.1, -0.05) is 40.2 Å². The molecular formula is C48H57F2N9O7. The number of aliphatic imine (C=N–C) groups is 2. The van der Waals surface area contributed by atoms with Crippen molar-refractivity contribution in [1.82, 2.24) is 35.0 Å². The Balaban J connectivity index is 1.02. The molecule has 0 radical (unpaired) electrons. The first kappa shape index (κ1) is 44.9. The molecule has 16 nitrogen and oxygen atoms in total. The third-order valence-electron chi connectivity index (χ3n) is 13.9. The van der Waals surface area contributed by atoms with Gasteiger partial charge in [0.2, 0.25) is 11.8 Å². The molecule has 4 amide bonds. The van der Waals surface area contributed by atoms with Crippen molar-refractivity contribution < 1.29 is 42.2 Å². The lowest BCUT2D eigenvalue weighted by molar-refractivity contribution is -0.135. The maximum atomic E-state index is 17.3. The zero-order chi connectivity index (χ0) is 46.6. The Morgan fingerprint density at radius 3 is 2.12 bits per heavy atom. The van der Waals surface area contributed by atoms with Crippen LogP contribution in [0.25, 0.3) is 33.4 Å². The molecule has 5 aliphatic rings. The smallest absolute Gasteiger partial charge is 0.407 e. The zero-order valence-electron chi connectivity index (χ0n) is 38.2. The first-order chi connectivity index (χ1) is 31.7. The van der Waals surface area contributed by atoms with Crippen LogP contribution >= 0.6 is 0 Å². The van der Waals surface area contributed by atoms with Crippen LogP contribution in [-0.2, 0) is 24.8 Å². The molecule has 2 aromatic heterocycles. The summed E-state index contributed by atoms with van der Waals surface area (Å²) in [5.41, 5.74) is 1.45. The molecular weight excluding hydrogens is 853 g/mol. The number of aromatic nitrogens is 3. The topological polar surface area (TPSA) is 185 Å². The van der Waals surface area contributed by atoms with Crippen LogP contribution in [0, 0.1) is 23.5 Å². The number of benzene rings is 2. The van der Waals surface area contributed by atoms with Crippen LogP contribution < -0.4 is 15.4 Å². The van der Waals surface area contributed by atoms with E-state index in [-0.39, 0.29) is 52.7 Å². The third kappa shape index (κ3) is 7.84. The second kappa shape index (κ2) is 17.8. The molecule has 9 rings (SSSR count). The van der Waals surface area contributed by atoms with Crippen LogP contribution in [0.3, 0.4) is 0 Å². The van der Waals surface area contributed by atoms with Gasteiger partial charge in [0, 0.05) is 43.1 Å². The van der Waals surface area contributed by atoms with Crippen molar-refractivity contribution in [3.8, 4) is 28.3 Å². The highest BCUT2D eigenvalue weighted by Gasteiger charge is 2.46. The predicted molar refractivity (Wildman–Crippen MR) is 242 cm³/mol. The Labute approximate surface area is 381 Å². The number of halogens is 2. The maximum absolute atomic E-state index is 17.3. The minimum atomic E-state index is -0.958. The third-order valence-corrected chi connectivity index (χ3v) is 13.9. The lowest BCUT2D eigenvalue weighted by Gasteiger charge is -2.44. The summed E-state index contributed by atoms with van der Waals surface area (Å²) >= 11 is 0. The fourth-order valence-corrected chi connectivity index (χ4v) is 10.5. The van der Waals surface area contributed by atoms with Crippen LogP contribution in [-0.4, -0.2) is 106 Å². The Bertz CT molecular complexity index is 2630. The second-order valence-corrected chi connectivity index (χ2v) is 18.7. The number of nitrogens with one attached hydrogen (secondary N) is 3. The van der Waals surface area contributed by atoms with E-state index in [9.17, 15) is 19.2 Å². The van der Waals surface area contributed by atoms with Crippen molar-refractivity contribution in [2.45, 2.75) is 121 Å². The number of likely N-dealkylation sites (tertiary alicyclic amines) is 2. The van der Waals surface area contributed by atoms with Crippen LogP contribution in [0.2, 0.25) is 0 Å². The lowest BCUT2D eigenvalue weighted by atomic mass is 9.89. The molecule has 350 valence electrons. The van der Waals surface area contributed by atoms with E-state index in [0.717, 1.165) is 32.1 Å². The van der Waals surface area contributed by atoms with Crippen LogP contribution in [0.5, 0.6) is 5.75 Å². The Kier molecular flexibility index (Phi) is 12.1. The van der Waals surface area contributed by atoms with Crippen LogP contribution in [0.15, 0.2) is 46.5 Å². The van der Waals surface area contributed by atoms with Gasteiger partial charge in [0.1, 0.15) is 41.4 Å². The lowest BCUT2D eigenvalue weighted by Crippen LogP contribution is -2.53. The molecule has 3 N–H and O–H groups in total. The molecule has 1 saturated carbocycles. The number of aromatic amines is 1. The fourth-order valence-electron chi connectivity index (χ4n) is 10.5. The van der Waals surface area contributed by atoms with E-state index >= 15 is 8.78 Å². The summed E-state index contributed by atoms with van der Waals surface area (Å²) in [6, 6.07) is 5.71. The average molecular weight is 910 g/mol. The minimum Gasteiger partial charge on any atom is -0.467 e. The molecule has 66 heavy (non-hydrogen) atoms. The van der Waals surface area contributed by atoms with Gasteiger partial charge in [0.25, 0.3) is 0 Å². The number of methoxy groups -OCH3 is 2. The number of ether oxygens (including phenoxy) is 3. The van der Waals surface area contributed by atoms with E-state index in [1.807, 2.05) is 44.4 Å². The van der Waals surface area contributed by atoms with Gasteiger partial charge >= 0.3 is 12.2 Å². The number of carbonyl (C=O) groups is 4. The van der Waals surface area contributed by atoms with Gasteiger partial charge in [-0.3, -0.25) is 19.1 Å². The second-order valence-electron chi connectivity index (χ2n) is 18.7. The van der Waals surface area contributed by atoms with Gasteiger partial charge in [0.15, 0.2) is 11.5 Å². The predicted octanol–water partition coefficient (Wildman–Crippen LogP) is 7.93. The van der Waals surface area contributed by atoms with Gasteiger partial charge in [-0.2, -0.15) is 0 Å². The van der Waals surface area contributed by atoms with E-state index in [0.29, 0.717) is 78.2 Å². The summed E-state index contributed by atoms with van der Waals surface area (Å²) in [6.07, 6.45) is 8.62. The number of H-pyrrole nitrogens is 1. The highest BCUT2D eigenvalue weighted by molar-refractivity contribution is 6.02. The van der Waals surface area contributed by atoms with Crippen molar-refractivity contribution in [2.75, 3.05) is 27.3 Å². The van der Waals surface area contributed by atoms with Gasteiger partial charge in [0.05, 0.1) is 55.0 Å². The normalized spacial score (nSPS) is 21.7. The minimum absolute atomic E-state index is 0.0328. The first-order valence-electron chi connectivity index (χ1n) is 23.1. The van der Waals surface area contributed by atoms with Crippen molar-refractivity contribution in [3.05, 3.63) is 59.6 Å². The van der Waals surface area contributed by atoms with Crippen LogP contribution in [0.1, 0.15) is 109 Å². The highest BCUT2D eigenvalue weighted by atomic mass is 19.1. The molecule has 4 aliphatic heterocycles. The van der Waals surface area contributed by atoms with Crippen molar-refractivity contribution in [2.24, 2.45) is 21.8 Å². The zero-order valence-corrected chi connectivity index (χ0v) is 38.2. The monoisotopic (exact) mass is 909 g/mol. The van der Waals surface area contributed by atoms with E-state index in [4.69, 9.17) is 19.2 Å². The number of hydrogen-bond donors (Lipinski definition) is 3. The number of carbonyl (C=O) groups excluding carboxylic acids is 4. The van der Waals surface area contributed by atoms with E-state index in [2.05, 4.69) is 25.6 Å². The number of nitrogens with zero attached hydrogens (tertiary/aromatic N) is 6. The number of alkyl carbamates (subject to hydrolysis) is 2. The number of hydrogen-bond acceptors (Lipinski definition) is 10. The molecule has 5 atom stereocenters. The Morgan fingerprint density at radius 2 is 1.48 bits per heavy atom. The maximum Gasteiger partial charge on any atom is 0.407 e. The van der Waals surface area contributed by atoms with E-state index in [1.165, 1.54) is 20.3 Å². The van der Waals surface area contributed by atoms with E-state index < -0.39 is 47.7 Å². The SMILES string of the molecule is COC(=O)N[C@H](C(=O)N1CCCC1C1=NC(c2ccc3c(c2)c(F)c2n3C3(CCCCC3)Oc3cc(-c4cnc(C5CCCN5C(=O)[C@@H](NC(=O)OC)C(C)C)[nH]4)cc(F)c3-2)C=N1)C(C)C. The highest BCUT2D eigenvalue weighted by Crippen LogP contribution is 2.53. The summed E-state index contributed by atoms with van der Waals surface area (Å²) < 4.78 is 52.5. The largest absolute Gasteiger partial charge is 0.467 e. The summed E-state index contributed by atoms with van der Waals surface area (Å²) in [6.45, 7) is 8.40. The van der Waals surface area contributed by atoms with Gasteiger partial charge in [-0.15, -0.1) is 0 Å². The Morgan fingerprint density at radius 1 is 0.848 bits per heavy atom. The molecule has 6 heterocycles. The van der Waals surface area contributed by atoms with Crippen molar-refractivity contribution >= 4 is 47.0 Å². The summed E-state index contributed by atoms with van der Waals surface area (Å²) in [5.74, 6) is -0.802. The Hall–Kier alpha value is -6.33. The molecule has 2 aromatic carbocycles. The fraction of sp³-hybridized carbons (Fsp3) is 0.521. The molecule has 0 bridgehead atoms. The summed E-state index contributed by atoms with van der Waals surface area (Å²) in [5, 5.41) is 5.65. The number of amidine groups is 1. The molecule has 4 aromatic rings. The molecule has 18 heteroatoms. The quantitative estimate of drug-likeness (QED) is 0.143. The summed E-state index contributed by atoms with van der Waals surface area (Å²) in [7, 11) is 2.51. The van der Waals surface area contributed by atoms with Gasteiger partial charge < -0.3 is 39.6 Å². The summed E-state index contributed by atoms with van der Waals surface area (Å²) in [4.78, 5) is 72.7. The first-order valence-corrected chi connectivity index (χ1v) is 23.1. The number of amides is 4. The molecule has 1 spiro atoms. The number of rotatable bonds is 10. The van der Waals surface area contributed by atoms with Crippen LogP contribution in [0.4, 0.5) is 18.4 Å². The molecule has 3 unspecified atom stereocenters. The van der Waals surface area contributed by atoms with E-state index in [1.54, 1.807) is 34.3 Å². The number of fused-ring (bicyclic) bond motifs is 6. The molecule has 1 aliphatic carbocycles. The van der Waals surface area contributed by atoms with Gasteiger partial charge in [-0.05, 0) is 80.2 Å². The number of imidazole rings is 1.